The van der Waals surface area contributed by atoms with Gasteiger partial charge in [-0.05, 0) is 72.5 Å². The monoisotopic (exact) mass is 767 g/mol. The van der Waals surface area contributed by atoms with Crippen LogP contribution in [0.2, 0.25) is 0 Å². The molecule has 0 N–H and O–H groups in total. The molecule has 0 aliphatic carbocycles. The Morgan fingerprint density at radius 2 is 1.27 bits per heavy atom. The summed E-state index contributed by atoms with van der Waals surface area (Å²) in [5.41, 5.74) is 1.63. The van der Waals surface area contributed by atoms with Gasteiger partial charge in [0.1, 0.15) is 23.5 Å². The van der Waals surface area contributed by atoms with Gasteiger partial charge in [-0.2, -0.15) is 0 Å². The van der Waals surface area contributed by atoms with Gasteiger partial charge in [-0.1, -0.05) is 24.3 Å². The second-order valence-electron chi connectivity index (χ2n) is 12.8. The molecule has 2 fully saturated rings. The third kappa shape index (κ3) is 9.62. The van der Waals surface area contributed by atoms with E-state index in [-0.39, 0.29) is 24.5 Å². The van der Waals surface area contributed by atoms with Gasteiger partial charge in [0.15, 0.2) is 18.3 Å². The topological polar surface area (TPSA) is 170 Å². The molecule has 2 heterocycles. The third-order valence-corrected chi connectivity index (χ3v) is 8.92. The maximum atomic E-state index is 13.9. The molecule has 0 bridgehead atoms. The molecular weight excluding hydrogens is 728 g/mol. The van der Waals surface area contributed by atoms with Gasteiger partial charge < -0.3 is 38.1 Å². The second kappa shape index (κ2) is 17.5. The fourth-order valence-corrected chi connectivity index (χ4v) is 6.66. The lowest BCUT2D eigenvalue weighted by molar-refractivity contribution is -0.282. The van der Waals surface area contributed by atoms with Crippen molar-refractivity contribution in [3.63, 3.8) is 0 Å². The molecule has 2 aliphatic rings. The molecule has 3 aromatic carbocycles. The van der Waals surface area contributed by atoms with Gasteiger partial charge in [-0.3, -0.25) is 24.0 Å². The molecule has 2 aliphatic heterocycles. The minimum Gasteiger partial charge on any atom is -0.467 e. The van der Waals surface area contributed by atoms with Crippen LogP contribution in [0, 0.1) is 17.6 Å². The zero-order chi connectivity index (χ0) is 40.0. The first-order chi connectivity index (χ1) is 26.2. The summed E-state index contributed by atoms with van der Waals surface area (Å²) < 4.78 is 65.9. The standard InChI is InChI=1S/C39H39F2NO13/c1-20(43)50-31(24-6-10-26(40)11-7-24)19-18-30-32(42(37(30)47)28-14-12-27(41)13-15-28)25-8-16-29(17-9-25)54-39-36(53-23(4)46)34(52-22(3)45)33(51-21(2)44)35(55-39)38(48)49-5/h6-17,30-36,39H,18-19H2,1-5H3/t30-,31+,32-,33-,34+,35-,36+,39+/m1/s1. The average molecular weight is 768 g/mol. The van der Waals surface area contributed by atoms with Crippen LogP contribution in [0.3, 0.4) is 0 Å². The largest absolute Gasteiger partial charge is 0.467 e. The maximum absolute atomic E-state index is 13.9. The Labute approximate surface area is 314 Å². The number of benzene rings is 3. The number of methoxy groups -OCH3 is 1. The van der Waals surface area contributed by atoms with Gasteiger partial charge in [-0.25, -0.2) is 13.6 Å². The number of esters is 5. The molecule has 3 aromatic rings. The number of nitrogens with zero attached hydrogens (tertiary/aromatic N) is 1. The Morgan fingerprint density at radius 1 is 0.727 bits per heavy atom. The van der Waals surface area contributed by atoms with E-state index in [4.69, 9.17) is 33.2 Å². The Balaban J connectivity index is 1.43. The summed E-state index contributed by atoms with van der Waals surface area (Å²) in [6.07, 6.45) is -8.18. The highest BCUT2D eigenvalue weighted by Gasteiger charge is 2.56. The first-order valence-electron chi connectivity index (χ1n) is 17.2. The minimum atomic E-state index is -1.66. The van der Waals surface area contributed by atoms with Crippen molar-refractivity contribution >= 4 is 41.4 Å². The molecule has 55 heavy (non-hydrogen) atoms. The van der Waals surface area contributed by atoms with Gasteiger partial charge >= 0.3 is 29.8 Å². The van der Waals surface area contributed by atoms with Crippen LogP contribution in [0.25, 0.3) is 0 Å². The fraction of sp³-hybridized carbons (Fsp3) is 0.385. The Hall–Kier alpha value is -5.90. The molecule has 5 rings (SSSR count). The lowest BCUT2D eigenvalue weighted by atomic mass is 9.78. The number of halogens is 2. The molecular formula is C39H39F2NO13. The molecule has 292 valence electrons. The maximum Gasteiger partial charge on any atom is 0.339 e. The smallest absolute Gasteiger partial charge is 0.339 e. The van der Waals surface area contributed by atoms with Gasteiger partial charge in [0.05, 0.1) is 19.1 Å². The van der Waals surface area contributed by atoms with E-state index in [2.05, 4.69) is 0 Å². The van der Waals surface area contributed by atoms with Crippen molar-refractivity contribution < 1.29 is 70.7 Å². The van der Waals surface area contributed by atoms with Gasteiger partial charge in [-0.15, -0.1) is 0 Å². The van der Waals surface area contributed by atoms with Crippen molar-refractivity contribution in [2.75, 3.05) is 12.0 Å². The normalized spacial score (nSPS) is 23.7. The number of rotatable bonds is 13. The van der Waals surface area contributed by atoms with E-state index in [0.29, 0.717) is 16.8 Å². The summed E-state index contributed by atoms with van der Waals surface area (Å²) in [5, 5.41) is 0. The SMILES string of the molecule is COC(=O)[C@@H]1O[C@H](Oc2ccc([C@@H]3[C@@H](CC[C@H](OC(C)=O)c4ccc(F)cc4)C(=O)N3c3ccc(F)cc3)cc2)[C@@H](OC(C)=O)[C@@H](OC(C)=O)[C@H]1OC(C)=O. The first kappa shape index (κ1) is 40.3. The third-order valence-electron chi connectivity index (χ3n) is 8.92. The molecule has 0 spiro atoms. The van der Waals surface area contributed by atoms with Gasteiger partial charge in [0.2, 0.25) is 18.3 Å². The number of hydrogen-bond acceptors (Lipinski definition) is 13. The van der Waals surface area contributed by atoms with Gasteiger partial charge in [0.25, 0.3) is 0 Å². The number of carbonyl (C=O) groups is 6. The first-order valence-corrected chi connectivity index (χ1v) is 17.2. The molecule has 1 amide bonds. The lowest BCUT2D eigenvalue weighted by Gasteiger charge is -2.48. The predicted molar refractivity (Wildman–Crippen MR) is 185 cm³/mol. The average Bonchev–Trinajstić information content (AvgIpc) is 3.13. The zero-order valence-corrected chi connectivity index (χ0v) is 30.5. The highest BCUT2D eigenvalue weighted by Crippen LogP contribution is 2.47. The van der Waals surface area contributed by atoms with Crippen LogP contribution in [0.4, 0.5) is 14.5 Å². The van der Waals surface area contributed by atoms with E-state index in [1.165, 1.54) is 72.5 Å². The molecule has 0 aromatic heterocycles. The minimum absolute atomic E-state index is 0.129. The highest BCUT2D eigenvalue weighted by atomic mass is 19.1. The Morgan fingerprint density at radius 3 is 1.82 bits per heavy atom. The molecule has 0 saturated carbocycles. The highest BCUT2D eigenvalue weighted by molar-refractivity contribution is 6.03. The van der Waals surface area contributed by atoms with Crippen LogP contribution in [-0.4, -0.2) is 73.6 Å². The quantitative estimate of drug-likeness (QED) is 0.132. The van der Waals surface area contributed by atoms with Crippen LogP contribution in [0.15, 0.2) is 72.8 Å². The number of amides is 1. The van der Waals surface area contributed by atoms with Gasteiger partial charge in [0, 0.05) is 33.4 Å². The summed E-state index contributed by atoms with van der Waals surface area (Å²) >= 11 is 0. The number of β-lactam (4-membered cyclic amide) rings is 1. The molecule has 14 nitrogen and oxygen atoms in total. The summed E-state index contributed by atoms with van der Waals surface area (Å²) in [6, 6.07) is 16.7. The molecule has 0 radical (unpaired) electrons. The number of ether oxygens (including phenoxy) is 7. The van der Waals surface area contributed by atoms with E-state index < -0.39 is 90.3 Å². The van der Waals surface area contributed by atoms with Crippen LogP contribution in [0.1, 0.15) is 63.8 Å². The van der Waals surface area contributed by atoms with Crippen LogP contribution >= 0.6 is 0 Å². The van der Waals surface area contributed by atoms with Crippen molar-refractivity contribution in [3.8, 4) is 5.75 Å². The second-order valence-corrected chi connectivity index (χ2v) is 12.8. The summed E-state index contributed by atoms with van der Waals surface area (Å²) in [6.45, 7) is 4.47. The Bertz CT molecular complexity index is 1890. The van der Waals surface area contributed by atoms with Crippen molar-refractivity contribution in [1.29, 1.82) is 0 Å². The fourth-order valence-electron chi connectivity index (χ4n) is 6.66. The van der Waals surface area contributed by atoms with E-state index in [1.807, 2.05) is 0 Å². The molecule has 2 saturated heterocycles. The van der Waals surface area contributed by atoms with Crippen molar-refractivity contribution in [1.82, 2.24) is 0 Å². The Kier molecular flexibility index (Phi) is 12.8. The molecule has 0 unspecified atom stereocenters. The summed E-state index contributed by atoms with van der Waals surface area (Å²) in [4.78, 5) is 76.3. The lowest BCUT2D eigenvalue weighted by Crippen LogP contribution is -2.64. The van der Waals surface area contributed by atoms with Crippen molar-refractivity contribution in [2.45, 2.75) is 83.4 Å². The molecule has 8 atom stereocenters. The van der Waals surface area contributed by atoms with Crippen LogP contribution in [0.5, 0.6) is 5.75 Å². The number of anilines is 1. The van der Waals surface area contributed by atoms with E-state index >= 15 is 0 Å². The van der Waals surface area contributed by atoms with Crippen LogP contribution in [-0.2, 0) is 57.2 Å². The predicted octanol–water partition coefficient (Wildman–Crippen LogP) is 4.83. The van der Waals surface area contributed by atoms with E-state index in [1.54, 1.807) is 12.1 Å². The summed E-state index contributed by atoms with van der Waals surface area (Å²) in [5.74, 6) is -5.77. The zero-order valence-electron chi connectivity index (χ0n) is 30.5. The van der Waals surface area contributed by atoms with E-state index in [0.717, 1.165) is 27.9 Å². The number of hydrogen-bond donors (Lipinski definition) is 0. The number of carbonyl (C=O) groups excluding carboxylic acids is 6. The van der Waals surface area contributed by atoms with Crippen molar-refractivity contribution in [3.05, 3.63) is 95.6 Å². The van der Waals surface area contributed by atoms with Crippen LogP contribution < -0.4 is 9.64 Å². The molecule has 16 heteroatoms. The summed E-state index contributed by atoms with van der Waals surface area (Å²) in [7, 11) is 1.07. The van der Waals surface area contributed by atoms with Crippen molar-refractivity contribution in [2.24, 2.45) is 5.92 Å². The van der Waals surface area contributed by atoms with E-state index in [9.17, 15) is 37.5 Å².